The van der Waals surface area contributed by atoms with Crippen molar-refractivity contribution < 1.29 is 14.4 Å². The fraction of sp³-hybridized carbons (Fsp3) is 0.375. The second kappa shape index (κ2) is 8.69. The van der Waals surface area contributed by atoms with Gasteiger partial charge in [-0.1, -0.05) is 79.9 Å². The van der Waals surface area contributed by atoms with Crippen LogP contribution in [0.15, 0.2) is 60.7 Å². The smallest absolute Gasteiger partial charge is 0.326 e. The molecule has 0 unspecified atom stereocenters. The van der Waals surface area contributed by atoms with Gasteiger partial charge in [0.1, 0.15) is 6.54 Å². The highest BCUT2D eigenvalue weighted by molar-refractivity contribution is 6.11. The van der Waals surface area contributed by atoms with Crippen LogP contribution < -0.4 is 5.32 Å². The monoisotopic (exact) mass is 405 g/mol. The predicted molar refractivity (Wildman–Crippen MR) is 114 cm³/mol. The Labute approximate surface area is 176 Å². The number of amides is 4. The van der Waals surface area contributed by atoms with Gasteiger partial charge in [-0.3, -0.25) is 14.5 Å². The number of hydrogen-bond acceptors (Lipinski definition) is 3. The first-order chi connectivity index (χ1) is 14.6. The van der Waals surface area contributed by atoms with Crippen LogP contribution in [0.25, 0.3) is 0 Å². The van der Waals surface area contributed by atoms with Crippen molar-refractivity contribution in [1.82, 2.24) is 15.1 Å². The van der Waals surface area contributed by atoms with Gasteiger partial charge in [0.2, 0.25) is 5.91 Å². The minimum Gasteiger partial charge on any atom is -0.341 e. The minimum atomic E-state index is -1.32. The van der Waals surface area contributed by atoms with Gasteiger partial charge in [0.15, 0.2) is 5.54 Å². The third kappa shape index (κ3) is 3.70. The van der Waals surface area contributed by atoms with Crippen molar-refractivity contribution >= 4 is 17.8 Å². The van der Waals surface area contributed by atoms with Crippen molar-refractivity contribution in [3.63, 3.8) is 0 Å². The largest absolute Gasteiger partial charge is 0.341 e. The van der Waals surface area contributed by atoms with E-state index in [4.69, 9.17) is 0 Å². The summed E-state index contributed by atoms with van der Waals surface area (Å²) in [6.45, 7) is 1.14. The number of imide groups is 1. The molecule has 2 saturated heterocycles. The topological polar surface area (TPSA) is 69.7 Å². The number of urea groups is 1. The average molecular weight is 405 g/mol. The molecule has 4 amide bonds. The molecule has 1 N–H and O–H groups in total. The predicted octanol–water partition coefficient (Wildman–Crippen LogP) is 3.27. The van der Waals surface area contributed by atoms with Crippen LogP contribution in [-0.4, -0.2) is 47.3 Å². The van der Waals surface area contributed by atoms with E-state index in [2.05, 4.69) is 5.32 Å². The zero-order chi connectivity index (χ0) is 21.0. The molecule has 6 heteroatoms. The number of nitrogens with one attached hydrogen (secondary N) is 1. The Morgan fingerprint density at radius 1 is 0.800 bits per heavy atom. The van der Waals surface area contributed by atoms with Gasteiger partial charge >= 0.3 is 6.03 Å². The summed E-state index contributed by atoms with van der Waals surface area (Å²) < 4.78 is 0. The standard InChI is InChI=1S/C24H27N3O3/c28-21(26-16-10-2-1-3-11-17-26)18-27-22(29)24(25-23(27)30,19-12-6-4-7-13-19)20-14-8-5-9-15-20/h4-9,12-15H,1-3,10-11,16-18H2,(H,25,30). The highest BCUT2D eigenvalue weighted by atomic mass is 16.2. The summed E-state index contributed by atoms with van der Waals surface area (Å²) in [5.74, 6) is -0.581. The van der Waals surface area contributed by atoms with Gasteiger partial charge in [-0.25, -0.2) is 4.79 Å². The molecule has 2 aromatic rings. The second-order valence-electron chi connectivity index (χ2n) is 7.95. The molecule has 2 aliphatic heterocycles. The van der Waals surface area contributed by atoms with Crippen LogP contribution in [-0.2, 0) is 15.1 Å². The summed E-state index contributed by atoms with van der Waals surface area (Å²) in [5.41, 5.74) is 0.0300. The Hall–Kier alpha value is -3.15. The van der Waals surface area contributed by atoms with Crippen molar-refractivity contribution in [2.75, 3.05) is 19.6 Å². The van der Waals surface area contributed by atoms with Gasteiger partial charge in [-0.05, 0) is 24.0 Å². The van der Waals surface area contributed by atoms with Crippen LogP contribution in [0, 0.1) is 0 Å². The number of carbonyl (C=O) groups is 3. The van der Waals surface area contributed by atoms with Gasteiger partial charge in [0.25, 0.3) is 5.91 Å². The van der Waals surface area contributed by atoms with E-state index >= 15 is 0 Å². The Morgan fingerprint density at radius 3 is 1.83 bits per heavy atom. The van der Waals surface area contributed by atoms with Crippen LogP contribution in [0.3, 0.4) is 0 Å². The molecule has 2 aromatic carbocycles. The van der Waals surface area contributed by atoms with Crippen molar-refractivity contribution in [1.29, 1.82) is 0 Å². The lowest BCUT2D eigenvalue weighted by Crippen LogP contribution is -2.47. The Kier molecular flexibility index (Phi) is 5.84. The molecule has 2 heterocycles. The lowest BCUT2D eigenvalue weighted by Gasteiger charge is -2.29. The van der Waals surface area contributed by atoms with Crippen LogP contribution in [0.1, 0.15) is 43.2 Å². The quantitative estimate of drug-likeness (QED) is 0.794. The Morgan fingerprint density at radius 2 is 1.30 bits per heavy atom. The van der Waals surface area contributed by atoms with E-state index in [1.165, 1.54) is 6.42 Å². The summed E-state index contributed by atoms with van der Waals surface area (Å²) in [5, 5.41) is 2.90. The van der Waals surface area contributed by atoms with Crippen molar-refractivity contribution in [3.05, 3.63) is 71.8 Å². The zero-order valence-corrected chi connectivity index (χ0v) is 17.0. The normalized spacial score (nSPS) is 19.2. The molecule has 2 fully saturated rings. The molecule has 2 aliphatic rings. The van der Waals surface area contributed by atoms with Gasteiger partial charge in [0.05, 0.1) is 0 Å². The van der Waals surface area contributed by atoms with Crippen molar-refractivity contribution in [2.45, 2.75) is 37.6 Å². The number of carbonyl (C=O) groups excluding carboxylic acids is 3. The lowest BCUT2D eigenvalue weighted by molar-refractivity contribution is -0.138. The van der Waals surface area contributed by atoms with Crippen LogP contribution in [0.5, 0.6) is 0 Å². The number of nitrogens with zero attached hydrogens (tertiary/aromatic N) is 2. The molecule has 30 heavy (non-hydrogen) atoms. The third-order valence-electron chi connectivity index (χ3n) is 6.02. The SMILES string of the molecule is O=C(CN1C(=O)NC(c2ccccc2)(c2ccccc2)C1=O)N1CCCCCCC1. The maximum Gasteiger partial charge on any atom is 0.326 e. The van der Waals surface area contributed by atoms with E-state index in [1.807, 2.05) is 60.7 Å². The Bertz CT molecular complexity index is 866. The van der Waals surface area contributed by atoms with E-state index < -0.39 is 17.5 Å². The first-order valence-electron chi connectivity index (χ1n) is 10.7. The Balaban J connectivity index is 1.63. The second-order valence-corrected chi connectivity index (χ2v) is 7.95. The van der Waals surface area contributed by atoms with Crippen LogP contribution in [0.4, 0.5) is 4.79 Å². The zero-order valence-electron chi connectivity index (χ0n) is 17.0. The van der Waals surface area contributed by atoms with E-state index in [0.29, 0.717) is 24.2 Å². The number of hydrogen-bond donors (Lipinski definition) is 1. The van der Waals surface area contributed by atoms with Gasteiger partial charge in [-0.15, -0.1) is 0 Å². The first-order valence-corrected chi connectivity index (χ1v) is 10.7. The van der Waals surface area contributed by atoms with Crippen LogP contribution in [0.2, 0.25) is 0 Å². The molecule has 6 nitrogen and oxygen atoms in total. The van der Waals surface area contributed by atoms with Gasteiger partial charge in [0, 0.05) is 13.1 Å². The molecule has 4 rings (SSSR count). The maximum atomic E-state index is 13.7. The number of benzene rings is 2. The molecular weight excluding hydrogens is 378 g/mol. The van der Waals surface area contributed by atoms with Crippen LogP contribution >= 0.6 is 0 Å². The van der Waals surface area contributed by atoms with E-state index in [1.54, 1.807) is 4.90 Å². The maximum absolute atomic E-state index is 13.7. The molecule has 0 aromatic heterocycles. The molecular formula is C24H27N3O3. The molecule has 0 aliphatic carbocycles. The van der Waals surface area contributed by atoms with Crippen molar-refractivity contribution in [3.8, 4) is 0 Å². The number of rotatable bonds is 4. The fourth-order valence-electron chi connectivity index (χ4n) is 4.39. The van der Waals surface area contributed by atoms with E-state index in [0.717, 1.165) is 30.6 Å². The first kappa shape index (κ1) is 20.1. The summed E-state index contributed by atoms with van der Waals surface area (Å²) in [6, 6.07) is 17.9. The van der Waals surface area contributed by atoms with Gasteiger partial charge in [-0.2, -0.15) is 0 Å². The molecule has 0 saturated carbocycles. The molecule has 0 spiro atoms. The van der Waals surface area contributed by atoms with E-state index in [9.17, 15) is 14.4 Å². The van der Waals surface area contributed by atoms with Gasteiger partial charge < -0.3 is 10.2 Å². The van der Waals surface area contributed by atoms with E-state index in [-0.39, 0.29) is 12.5 Å². The molecule has 0 radical (unpaired) electrons. The molecule has 156 valence electrons. The third-order valence-corrected chi connectivity index (χ3v) is 6.02. The summed E-state index contributed by atoms with van der Waals surface area (Å²) in [7, 11) is 0. The highest BCUT2D eigenvalue weighted by Gasteiger charge is 2.54. The molecule has 0 atom stereocenters. The minimum absolute atomic E-state index is 0.169. The summed E-state index contributed by atoms with van der Waals surface area (Å²) in [6.07, 6.45) is 5.34. The molecule has 0 bridgehead atoms. The fourth-order valence-corrected chi connectivity index (χ4v) is 4.39. The van der Waals surface area contributed by atoms with Crippen molar-refractivity contribution in [2.24, 2.45) is 0 Å². The summed E-state index contributed by atoms with van der Waals surface area (Å²) >= 11 is 0. The highest BCUT2D eigenvalue weighted by Crippen LogP contribution is 2.35. The number of likely N-dealkylation sites (tertiary alicyclic amines) is 1. The lowest BCUT2D eigenvalue weighted by atomic mass is 9.82. The summed E-state index contributed by atoms with van der Waals surface area (Å²) in [4.78, 5) is 42.4. The average Bonchev–Trinajstić information content (AvgIpc) is 3.00.